The van der Waals surface area contributed by atoms with Crippen LogP contribution in [0.2, 0.25) is 0 Å². The maximum absolute atomic E-state index is 13.2. The quantitative estimate of drug-likeness (QED) is 0.491. The molecule has 0 unspecified atom stereocenters. The van der Waals surface area contributed by atoms with Gasteiger partial charge in [0.25, 0.3) is 0 Å². The predicted octanol–water partition coefficient (Wildman–Crippen LogP) is 4.52. The molecule has 0 saturated heterocycles. The molecule has 1 fully saturated rings. The number of likely N-dealkylation sites (N-methyl/N-ethyl adjacent to an activating group) is 1. The van der Waals surface area contributed by atoms with E-state index in [1.165, 1.54) is 42.6 Å². The van der Waals surface area contributed by atoms with Crippen LogP contribution < -0.4 is 5.32 Å². The van der Waals surface area contributed by atoms with Gasteiger partial charge in [-0.3, -0.25) is 9.69 Å². The molecule has 0 radical (unpaired) electrons. The van der Waals surface area contributed by atoms with Crippen molar-refractivity contribution in [2.24, 2.45) is 5.92 Å². The Kier molecular flexibility index (Phi) is 8.57. The summed E-state index contributed by atoms with van der Waals surface area (Å²) in [6, 6.07) is 11.5. The third-order valence-electron chi connectivity index (χ3n) is 7.11. The van der Waals surface area contributed by atoms with Crippen molar-refractivity contribution in [1.82, 2.24) is 14.7 Å². The lowest BCUT2D eigenvalue weighted by atomic mass is 9.97. The van der Waals surface area contributed by atoms with Crippen LogP contribution in [0, 0.1) is 5.92 Å². The summed E-state index contributed by atoms with van der Waals surface area (Å²) >= 11 is 0. The number of nitrogens with zero attached hydrogens (tertiary/aromatic N) is 3. The van der Waals surface area contributed by atoms with E-state index in [1.807, 2.05) is 19.0 Å². The number of rotatable bonds is 11. The molecule has 2 aliphatic rings. The highest BCUT2D eigenvalue weighted by molar-refractivity contribution is 5.81. The van der Waals surface area contributed by atoms with Crippen molar-refractivity contribution in [1.29, 1.82) is 0 Å². The second-order valence-electron chi connectivity index (χ2n) is 10.4. The van der Waals surface area contributed by atoms with Crippen LogP contribution in [0.4, 0.5) is 18.9 Å². The Morgan fingerprint density at radius 2 is 1.81 bits per heavy atom. The standard InChI is InChI=1S/C28H37F3N4O/c1-33(2)16-17-35(15-12-21-8-10-24(11-9-21)28(29,30)31)27(36)18-32-26-5-3-4-23-20-34(14-13-25(23)26)19-22-6-7-22/h3-5,8-11,22,32H,6-7,12-20H2,1-2H3. The number of benzene rings is 2. The molecule has 0 atom stereocenters. The Morgan fingerprint density at radius 3 is 2.47 bits per heavy atom. The number of halogens is 3. The molecule has 0 bridgehead atoms. The molecule has 1 N–H and O–H groups in total. The van der Waals surface area contributed by atoms with E-state index < -0.39 is 11.7 Å². The van der Waals surface area contributed by atoms with Crippen LogP contribution in [0.5, 0.6) is 0 Å². The van der Waals surface area contributed by atoms with Crippen molar-refractivity contribution >= 4 is 11.6 Å². The maximum atomic E-state index is 13.2. The second-order valence-corrected chi connectivity index (χ2v) is 10.4. The van der Waals surface area contributed by atoms with E-state index in [1.54, 1.807) is 4.90 Å². The molecule has 2 aromatic carbocycles. The van der Waals surface area contributed by atoms with Gasteiger partial charge < -0.3 is 15.1 Å². The molecular formula is C28H37F3N4O. The average molecular weight is 503 g/mol. The minimum absolute atomic E-state index is 0.00691. The smallest absolute Gasteiger partial charge is 0.376 e. The third-order valence-corrected chi connectivity index (χ3v) is 7.11. The van der Waals surface area contributed by atoms with E-state index in [4.69, 9.17) is 0 Å². The highest BCUT2D eigenvalue weighted by Crippen LogP contribution is 2.33. The van der Waals surface area contributed by atoms with Crippen molar-refractivity contribution < 1.29 is 18.0 Å². The number of anilines is 1. The summed E-state index contributed by atoms with van der Waals surface area (Å²) in [5, 5.41) is 3.38. The lowest BCUT2D eigenvalue weighted by Crippen LogP contribution is -2.41. The molecule has 2 aromatic rings. The Bertz CT molecular complexity index is 1020. The summed E-state index contributed by atoms with van der Waals surface area (Å²) < 4.78 is 38.6. The predicted molar refractivity (Wildman–Crippen MR) is 137 cm³/mol. The number of hydrogen-bond donors (Lipinski definition) is 1. The number of carbonyl (C=O) groups is 1. The van der Waals surface area contributed by atoms with Gasteiger partial charge in [-0.2, -0.15) is 13.2 Å². The first-order chi connectivity index (χ1) is 17.2. The van der Waals surface area contributed by atoms with Gasteiger partial charge in [0.2, 0.25) is 5.91 Å². The van der Waals surface area contributed by atoms with Crippen molar-refractivity contribution in [2.75, 3.05) is 58.7 Å². The number of carbonyl (C=O) groups excluding carboxylic acids is 1. The van der Waals surface area contributed by atoms with Crippen molar-refractivity contribution in [3.8, 4) is 0 Å². The van der Waals surface area contributed by atoms with E-state index >= 15 is 0 Å². The SMILES string of the molecule is CN(C)CCN(CCc1ccc(C(F)(F)F)cc1)C(=O)CNc1cccc2c1CCN(CC1CC1)C2. The van der Waals surface area contributed by atoms with Crippen LogP contribution >= 0.6 is 0 Å². The minimum Gasteiger partial charge on any atom is -0.376 e. The molecule has 0 spiro atoms. The van der Waals surface area contributed by atoms with Crippen LogP contribution in [0.1, 0.15) is 35.1 Å². The van der Waals surface area contributed by atoms with Crippen molar-refractivity contribution in [2.45, 2.75) is 38.4 Å². The van der Waals surface area contributed by atoms with Crippen LogP contribution in [0.25, 0.3) is 0 Å². The van der Waals surface area contributed by atoms with Gasteiger partial charge in [-0.15, -0.1) is 0 Å². The summed E-state index contributed by atoms with van der Waals surface area (Å²) in [6.07, 6.45) is -0.136. The van der Waals surface area contributed by atoms with Gasteiger partial charge in [0, 0.05) is 45.0 Å². The third kappa shape index (κ3) is 7.46. The summed E-state index contributed by atoms with van der Waals surface area (Å²) in [4.78, 5) is 19.5. The highest BCUT2D eigenvalue weighted by atomic mass is 19.4. The van der Waals surface area contributed by atoms with Crippen LogP contribution in [-0.4, -0.2) is 74.0 Å². The molecule has 8 heteroatoms. The fraction of sp³-hybridized carbons (Fsp3) is 0.536. The molecule has 5 nitrogen and oxygen atoms in total. The number of alkyl halides is 3. The monoisotopic (exact) mass is 502 g/mol. The van der Waals surface area contributed by atoms with Crippen molar-refractivity contribution in [3.63, 3.8) is 0 Å². The van der Waals surface area contributed by atoms with Gasteiger partial charge in [-0.25, -0.2) is 0 Å². The zero-order valence-corrected chi connectivity index (χ0v) is 21.3. The Hall–Kier alpha value is -2.58. The van der Waals surface area contributed by atoms with E-state index in [2.05, 4.69) is 28.4 Å². The first kappa shape index (κ1) is 26.5. The fourth-order valence-corrected chi connectivity index (χ4v) is 4.74. The zero-order chi connectivity index (χ0) is 25.7. The van der Waals surface area contributed by atoms with Crippen molar-refractivity contribution in [3.05, 3.63) is 64.7 Å². The summed E-state index contributed by atoms with van der Waals surface area (Å²) in [5.41, 5.74) is 3.81. The number of amides is 1. The Morgan fingerprint density at radius 1 is 1.06 bits per heavy atom. The number of fused-ring (bicyclic) bond motifs is 1. The molecule has 1 aliphatic heterocycles. The maximum Gasteiger partial charge on any atom is 0.416 e. The van der Waals surface area contributed by atoms with Crippen LogP contribution in [0.15, 0.2) is 42.5 Å². The van der Waals surface area contributed by atoms with Crippen LogP contribution in [-0.2, 0) is 30.4 Å². The highest BCUT2D eigenvalue weighted by Gasteiger charge is 2.30. The lowest BCUT2D eigenvalue weighted by molar-refractivity contribution is -0.137. The molecule has 36 heavy (non-hydrogen) atoms. The topological polar surface area (TPSA) is 38.8 Å². The zero-order valence-electron chi connectivity index (χ0n) is 21.3. The second kappa shape index (κ2) is 11.6. The fourth-order valence-electron chi connectivity index (χ4n) is 4.74. The summed E-state index contributed by atoms with van der Waals surface area (Å²) in [6.45, 7) is 5.16. The normalized spacial score (nSPS) is 16.2. The molecule has 1 saturated carbocycles. The van der Waals surface area contributed by atoms with Gasteiger partial charge in [0.15, 0.2) is 0 Å². The van der Waals surface area contributed by atoms with Gasteiger partial charge >= 0.3 is 6.18 Å². The molecule has 1 aliphatic carbocycles. The van der Waals surface area contributed by atoms with E-state index in [-0.39, 0.29) is 12.5 Å². The first-order valence-electron chi connectivity index (χ1n) is 12.8. The van der Waals surface area contributed by atoms with E-state index in [0.29, 0.717) is 19.5 Å². The molecule has 4 rings (SSSR count). The van der Waals surface area contributed by atoms with Crippen LogP contribution in [0.3, 0.4) is 0 Å². The minimum atomic E-state index is -4.34. The Labute approximate surface area is 212 Å². The van der Waals surface area contributed by atoms with E-state index in [9.17, 15) is 18.0 Å². The van der Waals surface area contributed by atoms with Gasteiger partial charge in [-0.05, 0) is 80.6 Å². The molecule has 1 amide bonds. The molecular weight excluding hydrogens is 465 g/mol. The average Bonchev–Trinajstić information content (AvgIpc) is 3.66. The number of nitrogens with one attached hydrogen (secondary N) is 1. The lowest BCUT2D eigenvalue weighted by Gasteiger charge is -2.30. The van der Waals surface area contributed by atoms with Gasteiger partial charge in [0.05, 0.1) is 12.1 Å². The molecule has 1 heterocycles. The molecule has 0 aromatic heterocycles. The summed E-state index contributed by atoms with van der Waals surface area (Å²) in [7, 11) is 3.92. The Balaban J connectivity index is 1.34. The number of hydrogen-bond acceptors (Lipinski definition) is 4. The first-order valence-corrected chi connectivity index (χ1v) is 12.8. The van der Waals surface area contributed by atoms with Gasteiger partial charge in [-0.1, -0.05) is 24.3 Å². The largest absolute Gasteiger partial charge is 0.416 e. The molecule has 196 valence electrons. The van der Waals surface area contributed by atoms with E-state index in [0.717, 1.165) is 55.4 Å². The van der Waals surface area contributed by atoms with Gasteiger partial charge in [0.1, 0.15) is 0 Å². The summed E-state index contributed by atoms with van der Waals surface area (Å²) in [5.74, 6) is 0.869.